The van der Waals surface area contributed by atoms with Crippen LogP contribution in [0.5, 0.6) is 0 Å². The van der Waals surface area contributed by atoms with Gasteiger partial charge in [-0.05, 0) is 67.1 Å². The van der Waals surface area contributed by atoms with Crippen LogP contribution in [0, 0.1) is 0 Å². The molecule has 43 heavy (non-hydrogen) atoms. The number of ketones is 2. The maximum Gasteiger partial charge on any atom is 0.265 e. The van der Waals surface area contributed by atoms with Gasteiger partial charge in [0.15, 0.2) is 11.6 Å². The fraction of sp³-hybridized carbons (Fsp3) is 0.182. The summed E-state index contributed by atoms with van der Waals surface area (Å²) in [5.41, 5.74) is 4.42. The van der Waals surface area contributed by atoms with E-state index in [1.54, 1.807) is 60.8 Å². The van der Waals surface area contributed by atoms with Gasteiger partial charge < -0.3 is 20.3 Å². The van der Waals surface area contributed by atoms with Crippen molar-refractivity contribution in [2.24, 2.45) is 4.99 Å². The molecule has 6 rings (SSSR count). The molecule has 1 unspecified atom stereocenters. The highest BCUT2D eigenvalue weighted by Gasteiger charge is 2.30. The molecule has 0 radical (unpaired) electrons. The number of amides is 2. The zero-order chi connectivity index (χ0) is 29.9. The average molecular weight is 593 g/mol. The molecule has 3 aromatic carbocycles. The first-order chi connectivity index (χ1) is 20.9. The van der Waals surface area contributed by atoms with Gasteiger partial charge in [-0.1, -0.05) is 24.3 Å². The molecule has 1 aromatic heterocycles. The Morgan fingerprint density at radius 3 is 2.44 bits per heavy atom. The Bertz CT molecular complexity index is 1760. The number of morpholine rings is 1. The Labute approximate surface area is 252 Å². The summed E-state index contributed by atoms with van der Waals surface area (Å²) in [6.45, 7) is 4.60. The number of Topliss-reactive ketones (excluding diaryl/α,β-unsaturated/α-hetero) is 1. The molecule has 2 N–H and O–H groups in total. The molecule has 0 bridgehead atoms. The number of rotatable bonds is 8. The van der Waals surface area contributed by atoms with E-state index in [-0.39, 0.29) is 23.4 Å². The van der Waals surface area contributed by atoms with E-state index in [2.05, 4.69) is 20.5 Å². The Hall–Kier alpha value is -4.93. The van der Waals surface area contributed by atoms with Gasteiger partial charge in [0.25, 0.3) is 5.91 Å². The van der Waals surface area contributed by atoms with E-state index in [0.29, 0.717) is 45.5 Å². The van der Waals surface area contributed by atoms with Crippen LogP contribution in [0.15, 0.2) is 83.9 Å². The predicted molar refractivity (Wildman–Crippen MR) is 168 cm³/mol. The molecule has 0 saturated carbocycles. The standard InChI is InChI=1S/C33H28N4O5S/c1-20(38)29-11-12-30(43-29)33(41)35-24-4-2-3-21(17-24)31(39)22-5-10-26-27(32(40)36-28(26)18-22)19-34-23-6-8-25(9-7-23)37-13-15-42-16-14-37/h2-12,17-19,27H,13-16H2,1H3,(H,35,41)(H,36,40). The second-order valence-electron chi connectivity index (χ2n) is 10.2. The van der Waals surface area contributed by atoms with Crippen molar-refractivity contribution in [3.05, 3.63) is 105 Å². The van der Waals surface area contributed by atoms with Gasteiger partial charge in [0, 0.05) is 47.5 Å². The van der Waals surface area contributed by atoms with E-state index < -0.39 is 5.92 Å². The van der Waals surface area contributed by atoms with E-state index in [0.717, 1.165) is 41.4 Å². The average Bonchev–Trinajstić information content (AvgIpc) is 3.65. The van der Waals surface area contributed by atoms with Crippen LogP contribution in [0.25, 0.3) is 0 Å². The molecule has 0 aliphatic carbocycles. The lowest BCUT2D eigenvalue weighted by Crippen LogP contribution is -2.36. The Balaban J connectivity index is 1.14. The van der Waals surface area contributed by atoms with Crippen LogP contribution < -0.4 is 15.5 Å². The summed E-state index contributed by atoms with van der Waals surface area (Å²) in [6.07, 6.45) is 1.63. The quantitative estimate of drug-likeness (QED) is 0.200. The van der Waals surface area contributed by atoms with E-state index >= 15 is 0 Å². The summed E-state index contributed by atoms with van der Waals surface area (Å²) in [5.74, 6) is -1.49. The van der Waals surface area contributed by atoms with Gasteiger partial charge in [-0.3, -0.25) is 24.2 Å². The summed E-state index contributed by atoms with van der Waals surface area (Å²) in [4.78, 5) is 58.1. The van der Waals surface area contributed by atoms with Crippen LogP contribution in [0.2, 0.25) is 0 Å². The van der Waals surface area contributed by atoms with Crippen LogP contribution >= 0.6 is 11.3 Å². The maximum atomic E-state index is 13.4. The molecular weight excluding hydrogens is 564 g/mol. The summed E-state index contributed by atoms with van der Waals surface area (Å²) < 4.78 is 5.42. The fourth-order valence-corrected chi connectivity index (χ4v) is 5.85. The molecule has 1 atom stereocenters. The molecule has 1 saturated heterocycles. The zero-order valence-electron chi connectivity index (χ0n) is 23.3. The van der Waals surface area contributed by atoms with Crippen molar-refractivity contribution in [1.82, 2.24) is 0 Å². The van der Waals surface area contributed by atoms with Gasteiger partial charge >= 0.3 is 0 Å². The number of ether oxygens (including phenoxy) is 1. The summed E-state index contributed by atoms with van der Waals surface area (Å²) in [7, 11) is 0. The number of anilines is 3. The van der Waals surface area contributed by atoms with Crippen LogP contribution in [0.4, 0.5) is 22.7 Å². The Morgan fingerprint density at radius 1 is 0.953 bits per heavy atom. The minimum atomic E-state index is -0.572. The van der Waals surface area contributed by atoms with Gasteiger partial charge in [0.1, 0.15) is 5.92 Å². The van der Waals surface area contributed by atoms with Crippen LogP contribution in [-0.2, 0) is 9.53 Å². The zero-order valence-corrected chi connectivity index (χ0v) is 24.1. The molecule has 10 heteroatoms. The van der Waals surface area contributed by atoms with E-state index in [1.165, 1.54) is 6.92 Å². The number of carbonyl (C=O) groups excluding carboxylic acids is 4. The molecular formula is C33H28N4O5S. The fourth-order valence-electron chi connectivity index (χ4n) is 5.06. The first-order valence-electron chi connectivity index (χ1n) is 13.8. The van der Waals surface area contributed by atoms with Crippen LogP contribution in [0.1, 0.15) is 53.7 Å². The second-order valence-corrected chi connectivity index (χ2v) is 11.3. The first-order valence-corrected chi connectivity index (χ1v) is 14.7. The van der Waals surface area contributed by atoms with Crippen molar-refractivity contribution in [3.63, 3.8) is 0 Å². The van der Waals surface area contributed by atoms with Crippen molar-refractivity contribution in [2.45, 2.75) is 12.8 Å². The van der Waals surface area contributed by atoms with Gasteiger partial charge in [0.05, 0.1) is 28.7 Å². The SMILES string of the molecule is CC(=O)c1ccc(C(=O)Nc2cccc(C(=O)c3ccc4c(c3)NC(=O)C4C=Nc3ccc(N4CCOCC4)cc3)c2)s1. The smallest absolute Gasteiger partial charge is 0.265 e. The third-order valence-corrected chi connectivity index (χ3v) is 8.53. The third kappa shape index (κ3) is 6.15. The molecule has 1 fully saturated rings. The largest absolute Gasteiger partial charge is 0.378 e. The molecule has 3 heterocycles. The third-order valence-electron chi connectivity index (χ3n) is 7.35. The molecule has 216 valence electrons. The monoisotopic (exact) mass is 592 g/mol. The molecule has 2 aliphatic rings. The molecule has 2 amide bonds. The van der Waals surface area contributed by atoms with Crippen LogP contribution in [-0.4, -0.2) is 55.9 Å². The number of aliphatic imine (C=N–C) groups is 1. The Kier molecular flexibility index (Phi) is 7.95. The lowest BCUT2D eigenvalue weighted by atomic mass is 9.97. The lowest BCUT2D eigenvalue weighted by Gasteiger charge is -2.28. The molecule has 9 nitrogen and oxygen atoms in total. The number of nitrogens with zero attached hydrogens (tertiary/aromatic N) is 2. The normalized spacial score (nSPS) is 16.2. The first kappa shape index (κ1) is 28.2. The molecule has 4 aromatic rings. The lowest BCUT2D eigenvalue weighted by molar-refractivity contribution is -0.115. The topological polar surface area (TPSA) is 117 Å². The number of hydrogen-bond acceptors (Lipinski definition) is 8. The summed E-state index contributed by atoms with van der Waals surface area (Å²) in [6, 6.07) is 22.9. The highest BCUT2D eigenvalue weighted by atomic mass is 32.1. The summed E-state index contributed by atoms with van der Waals surface area (Å²) >= 11 is 1.12. The minimum absolute atomic E-state index is 0.102. The van der Waals surface area contributed by atoms with Gasteiger partial charge in [-0.15, -0.1) is 11.3 Å². The van der Waals surface area contributed by atoms with Gasteiger partial charge in [0.2, 0.25) is 5.91 Å². The number of benzene rings is 3. The maximum absolute atomic E-state index is 13.4. The highest BCUT2D eigenvalue weighted by Crippen LogP contribution is 2.33. The number of carbonyl (C=O) groups is 4. The van der Waals surface area contributed by atoms with Gasteiger partial charge in [-0.2, -0.15) is 0 Å². The second kappa shape index (κ2) is 12.1. The predicted octanol–water partition coefficient (Wildman–Crippen LogP) is 5.71. The van der Waals surface area contributed by atoms with Crippen LogP contribution in [0.3, 0.4) is 0 Å². The van der Waals surface area contributed by atoms with E-state index in [1.807, 2.05) is 24.3 Å². The molecule has 2 aliphatic heterocycles. The molecule has 0 spiro atoms. The minimum Gasteiger partial charge on any atom is -0.378 e. The van der Waals surface area contributed by atoms with Crippen molar-refractivity contribution < 1.29 is 23.9 Å². The Morgan fingerprint density at radius 2 is 1.70 bits per heavy atom. The number of fused-ring (bicyclic) bond motifs is 1. The van der Waals surface area contributed by atoms with Crippen molar-refractivity contribution in [1.29, 1.82) is 0 Å². The van der Waals surface area contributed by atoms with Gasteiger partial charge in [-0.25, -0.2) is 0 Å². The van der Waals surface area contributed by atoms with Crippen molar-refractivity contribution in [3.8, 4) is 0 Å². The highest BCUT2D eigenvalue weighted by molar-refractivity contribution is 7.16. The van der Waals surface area contributed by atoms with E-state index in [9.17, 15) is 19.2 Å². The van der Waals surface area contributed by atoms with Crippen molar-refractivity contribution in [2.75, 3.05) is 41.8 Å². The number of thiophene rings is 1. The van der Waals surface area contributed by atoms with Crippen molar-refractivity contribution >= 4 is 63.7 Å². The number of nitrogens with one attached hydrogen (secondary N) is 2. The number of hydrogen-bond donors (Lipinski definition) is 2. The summed E-state index contributed by atoms with van der Waals surface area (Å²) in [5, 5.41) is 5.65. The van der Waals surface area contributed by atoms with E-state index in [4.69, 9.17) is 4.74 Å².